The first-order chi connectivity index (χ1) is 23.8. The number of anilines is 2. The van der Waals surface area contributed by atoms with Gasteiger partial charge in [-0.25, -0.2) is 0 Å². The molecule has 3 aromatic rings. The molecule has 3 fully saturated rings. The average Bonchev–Trinajstić information content (AvgIpc) is 3.67. The predicted octanol–water partition coefficient (Wildman–Crippen LogP) is 4.80. The number of nitrogens with zero attached hydrogens (tertiary/aromatic N) is 8. The second-order valence-electron chi connectivity index (χ2n) is 14.8. The van der Waals surface area contributed by atoms with Crippen molar-refractivity contribution >= 4 is 28.2 Å². The first-order valence-electron chi connectivity index (χ1n) is 18.0. The molecule has 0 radical (unpaired) electrons. The molecule has 1 saturated carbocycles. The molecule has 1 atom stereocenters. The van der Waals surface area contributed by atoms with Gasteiger partial charge in [0.05, 0.1) is 37.4 Å². The summed E-state index contributed by atoms with van der Waals surface area (Å²) in [4.78, 5) is 34.7. The van der Waals surface area contributed by atoms with Gasteiger partial charge in [-0.1, -0.05) is 36.4 Å². The van der Waals surface area contributed by atoms with Crippen molar-refractivity contribution in [1.82, 2.24) is 24.7 Å². The molecule has 1 amide bonds. The lowest BCUT2D eigenvalue weighted by atomic mass is 9.99. The van der Waals surface area contributed by atoms with E-state index in [-0.39, 0.29) is 23.8 Å². The van der Waals surface area contributed by atoms with Crippen LogP contribution >= 0.6 is 0 Å². The number of carbonyl (C=O) groups is 1. The molecule has 1 aromatic heterocycles. The number of hydrogen-bond donors (Lipinski definition) is 0. The maximum atomic E-state index is 13.2. The van der Waals surface area contributed by atoms with E-state index in [2.05, 4.69) is 64.1 Å². The van der Waals surface area contributed by atoms with Crippen LogP contribution in [-0.4, -0.2) is 110 Å². The predicted molar refractivity (Wildman–Crippen MR) is 194 cm³/mol. The van der Waals surface area contributed by atoms with Crippen molar-refractivity contribution in [2.24, 2.45) is 5.41 Å². The number of rotatable bonds is 11. The third-order valence-electron chi connectivity index (χ3n) is 10.8. The Bertz CT molecular complexity index is 1730. The fourth-order valence-corrected chi connectivity index (χ4v) is 7.92. The number of carbonyl (C=O) groups excluding carboxylic acids is 1. The van der Waals surface area contributed by atoms with Crippen LogP contribution in [-0.2, 0) is 17.8 Å². The van der Waals surface area contributed by atoms with Crippen LogP contribution < -0.4 is 14.5 Å². The van der Waals surface area contributed by atoms with Gasteiger partial charge >= 0.3 is 6.01 Å². The Morgan fingerprint density at radius 3 is 2.61 bits per heavy atom. The summed E-state index contributed by atoms with van der Waals surface area (Å²) in [5.41, 5.74) is 4.85. The third-order valence-corrected chi connectivity index (χ3v) is 10.8. The molecular weight excluding hydrogens is 612 g/mol. The Morgan fingerprint density at radius 2 is 1.86 bits per heavy atom. The van der Waals surface area contributed by atoms with Gasteiger partial charge in [0.1, 0.15) is 5.82 Å². The summed E-state index contributed by atoms with van der Waals surface area (Å²) in [5, 5.41) is 12.3. The van der Waals surface area contributed by atoms with Crippen LogP contribution in [0.25, 0.3) is 10.8 Å². The summed E-state index contributed by atoms with van der Waals surface area (Å²) in [6.45, 7) is 10.2. The highest BCUT2D eigenvalue weighted by Crippen LogP contribution is 2.47. The average molecular weight is 663 g/mol. The molecule has 0 bridgehead atoms. The lowest BCUT2D eigenvalue weighted by Gasteiger charge is -2.42. The van der Waals surface area contributed by atoms with Crippen LogP contribution in [0.4, 0.5) is 11.5 Å². The van der Waals surface area contributed by atoms with E-state index in [1.807, 2.05) is 30.0 Å². The molecule has 0 N–H and O–H groups in total. The molecule has 258 valence electrons. The maximum Gasteiger partial charge on any atom is 0.318 e. The molecule has 2 saturated heterocycles. The van der Waals surface area contributed by atoms with Crippen molar-refractivity contribution in [1.29, 1.82) is 5.26 Å². The molecular formula is C39H50N8O2. The molecule has 0 spiro atoms. The first-order valence-corrected chi connectivity index (χ1v) is 18.0. The number of ether oxygens (including phenoxy) is 1. The molecule has 10 heteroatoms. The van der Waals surface area contributed by atoms with Gasteiger partial charge in [-0.05, 0) is 83.2 Å². The zero-order chi connectivity index (χ0) is 34.0. The fourth-order valence-electron chi connectivity index (χ4n) is 7.92. The van der Waals surface area contributed by atoms with Gasteiger partial charge in [0.25, 0.3) is 0 Å². The van der Waals surface area contributed by atoms with E-state index in [0.717, 1.165) is 36.6 Å². The highest BCUT2D eigenvalue weighted by molar-refractivity contribution is 5.97. The highest BCUT2D eigenvalue weighted by atomic mass is 16.5. The number of nitriles is 1. The largest absolute Gasteiger partial charge is 0.463 e. The number of aryl methyl sites for hydroxylation is 1. The van der Waals surface area contributed by atoms with Crippen molar-refractivity contribution < 1.29 is 9.53 Å². The first kappa shape index (κ1) is 33.3. The molecule has 3 aliphatic heterocycles. The monoisotopic (exact) mass is 662 g/mol. The molecule has 10 nitrogen and oxygen atoms in total. The standard InChI is InChI=1S/C39H50N8O2/c1-29-9-6-10-30-11-7-12-34(36(29)30)45-22-15-32-33(26-45)41-38(49-28-39(16-17-39)27-44-20-4-5-21-44)42-37(32)46-23-24-47(31(25-46)14-18-40)35(48)13-8-19-43(2)3/h6-13,31H,4-5,14-17,19-28H2,1-3H3/b13-8+. The van der Waals surface area contributed by atoms with Gasteiger partial charge in [0, 0.05) is 67.4 Å². The maximum absolute atomic E-state index is 13.2. The number of fused-ring (bicyclic) bond motifs is 2. The Morgan fingerprint density at radius 1 is 1.06 bits per heavy atom. The van der Waals surface area contributed by atoms with Crippen LogP contribution in [0, 0.1) is 23.7 Å². The van der Waals surface area contributed by atoms with Crippen LogP contribution in [0.1, 0.15) is 48.9 Å². The Balaban J connectivity index is 1.17. The lowest BCUT2D eigenvalue weighted by Crippen LogP contribution is -2.55. The van der Waals surface area contributed by atoms with Crippen molar-refractivity contribution in [3.63, 3.8) is 0 Å². The van der Waals surface area contributed by atoms with E-state index in [9.17, 15) is 10.1 Å². The normalized spacial score (nSPS) is 20.6. The number of hydrogen-bond acceptors (Lipinski definition) is 9. The van der Waals surface area contributed by atoms with Gasteiger partial charge in [-0.15, -0.1) is 0 Å². The molecule has 1 aliphatic carbocycles. The van der Waals surface area contributed by atoms with E-state index in [4.69, 9.17) is 14.7 Å². The van der Waals surface area contributed by atoms with E-state index in [1.54, 1.807) is 6.08 Å². The minimum Gasteiger partial charge on any atom is -0.463 e. The van der Waals surface area contributed by atoms with Crippen molar-refractivity contribution in [2.45, 2.75) is 58.0 Å². The topological polar surface area (TPSA) is 92.1 Å². The summed E-state index contributed by atoms with van der Waals surface area (Å²) in [7, 11) is 3.96. The van der Waals surface area contributed by atoms with Crippen LogP contribution in [0.15, 0.2) is 48.6 Å². The molecule has 7 rings (SSSR count). The number of likely N-dealkylation sites (N-methyl/N-ethyl adjacent to an activating group) is 1. The summed E-state index contributed by atoms with van der Waals surface area (Å²) >= 11 is 0. The van der Waals surface area contributed by atoms with E-state index in [0.29, 0.717) is 45.3 Å². The van der Waals surface area contributed by atoms with Crippen molar-refractivity contribution in [2.75, 3.05) is 82.9 Å². The van der Waals surface area contributed by atoms with Crippen LogP contribution in [0.3, 0.4) is 0 Å². The third kappa shape index (κ3) is 7.38. The fraction of sp³-hybridized carbons (Fsp3) is 0.538. The second-order valence-corrected chi connectivity index (χ2v) is 14.8. The number of benzene rings is 2. The van der Waals surface area contributed by atoms with Crippen molar-refractivity contribution in [3.8, 4) is 12.1 Å². The van der Waals surface area contributed by atoms with E-state index in [1.165, 1.54) is 60.8 Å². The molecule has 4 heterocycles. The Kier molecular flexibility index (Phi) is 9.75. The molecule has 1 unspecified atom stereocenters. The summed E-state index contributed by atoms with van der Waals surface area (Å²) < 4.78 is 6.54. The zero-order valence-electron chi connectivity index (χ0n) is 29.4. The van der Waals surface area contributed by atoms with Gasteiger partial charge in [-0.3, -0.25) is 4.79 Å². The lowest BCUT2D eigenvalue weighted by molar-refractivity contribution is -0.128. The van der Waals surface area contributed by atoms with Gasteiger partial charge in [0.15, 0.2) is 0 Å². The van der Waals surface area contributed by atoms with Crippen LogP contribution in [0.5, 0.6) is 6.01 Å². The second kappa shape index (κ2) is 14.3. The number of piperazine rings is 1. The van der Waals surface area contributed by atoms with Gasteiger partial charge < -0.3 is 29.2 Å². The SMILES string of the molecule is Cc1cccc2cccc(N3CCc4c(nc(OCC5(CN6CCCC6)CC5)nc4N4CCN(C(=O)/C=C/CN(C)C)C(CC#N)C4)C3)c12. The van der Waals surface area contributed by atoms with E-state index >= 15 is 0 Å². The smallest absolute Gasteiger partial charge is 0.318 e. The zero-order valence-corrected chi connectivity index (χ0v) is 29.4. The summed E-state index contributed by atoms with van der Waals surface area (Å²) in [6, 6.07) is 15.6. The number of aromatic nitrogens is 2. The minimum absolute atomic E-state index is 0.0377. The number of amides is 1. The summed E-state index contributed by atoms with van der Waals surface area (Å²) in [5.74, 6) is 0.862. The van der Waals surface area contributed by atoms with Crippen LogP contribution in [0.2, 0.25) is 0 Å². The summed E-state index contributed by atoms with van der Waals surface area (Å²) in [6.07, 6.45) is 9.57. The molecule has 2 aromatic carbocycles. The highest BCUT2D eigenvalue weighted by Gasteiger charge is 2.45. The van der Waals surface area contributed by atoms with Gasteiger partial charge in [-0.2, -0.15) is 15.2 Å². The quantitative estimate of drug-likeness (QED) is 0.269. The Hall–Kier alpha value is -4.20. The van der Waals surface area contributed by atoms with Gasteiger partial charge in [0.2, 0.25) is 5.91 Å². The van der Waals surface area contributed by atoms with Crippen molar-refractivity contribution in [3.05, 3.63) is 65.4 Å². The Labute approximate surface area is 290 Å². The number of likely N-dealkylation sites (tertiary alicyclic amines) is 1. The molecule has 49 heavy (non-hydrogen) atoms. The minimum atomic E-state index is -0.223. The molecule has 4 aliphatic rings. The van der Waals surface area contributed by atoms with E-state index < -0.39 is 0 Å².